The van der Waals surface area contributed by atoms with Crippen molar-refractivity contribution in [2.24, 2.45) is 0 Å². The molecule has 0 amide bonds. The van der Waals surface area contributed by atoms with Crippen molar-refractivity contribution in [2.75, 3.05) is 5.32 Å². The first-order valence-electron chi connectivity index (χ1n) is 10.6. The number of aromatic nitrogens is 3. The number of allylic oxidation sites excluding steroid dienone is 1. The number of carboxylic acids is 1. The lowest BCUT2D eigenvalue weighted by Gasteiger charge is -2.29. The number of esters is 1. The van der Waals surface area contributed by atoms with E-state index >= 15 is 0 Å². The van der Waals surface area contributed by atoms with E-state index in [4.69, 9.17) is 16.3 Å². The summed E-state index contributed by atoms with van der Waals surface area (Å²) in [7, 11) is 0. The van der Waals surface area contributed by atoms with Gasteiger partial charge < -0.3 is 15.2 Å². The van der Waals surface area contributed by atoms with Crippen LogP contribution in [0.15, 0.2) is 65.0 Å². The summed E-state index contributed by atoms with van der Waals surface area (Å²) < 4.78 is 7.03. The first-order chi connectivity index (χ1) is 16.3. The number of aromatic carboxylic acids is 1. The van der Waals surface area contributed by atoms with Gasteiger partial charge in [0.2, 0.25) is 11.1 Å². The lowest BCUT2D eigenvalue weighted by atomic mass is 9.92. The molecule has 3 aromatic rings. The van der Waals surface area contributed by atoms with Crippen LogP contribution in [-0.4, -0.2) is 37.9 Å². The quantitative estimate of drug-likeness (QED) is 0.339. The van der Waals surface area contributed by atoms with Crippen LogP contribution >= 0.6 is 23.4 Å². The highest BCUT2D eigenvalue weighted by Crippen LogP contribution is 2.38. The van der Waals surface area contributed by atoms with Crippen molar-refractivity contribution in [3.63, 3.8) is 0 Å². The second-order valence-corrected chi connectivity index (χ2v) is 9.31. The van der Waals surface area contributed by atoms with Gasteiger partial charge in [0.25, 0.3) is 0 Å². The number of fused-ring (bicyclic) bond motifs is 1. The molecule has 0 fully saturated rings. The number of hydrogen-bond acceptors (Lipinski definition) is 7. The lowest BCUT2D eigenvalue weighted by molar-refractivity contribution is -0.143. The van der Waals surface area contributed by atoms with Crippen molar-refractivity contribution < 1.29 is 19.4 Å². The summed E-state index contributed by atoms with van der Waals surface area (Å²) in [6.45, 7) is 5.26. The Balaban J connectivity index is 1.77. The van der Waals surface area contributed by atoms with Gasteiger partial charge in [-0.15, -0.1) is 5.10 Å². The Hall–Kier alpha value is -3.30. The average Bonchev–Trinajstić information content (AvgIpc) is 3.19. The first kappa shape index (κ1) is 23.8. The number of halogens is 1. The third-order valence-electron chi connectivity index (χ3n) is 5.20. The minimum atomic E-state index is -1.10. The van der Waals surface area contributed by atoms with Gasteiger partial charge in [-0.3, -0.25) is 0 Å². The molecule has 1 unspecified atom stereocenters. The third-order valence-corrected chi connectivity index (χ3v) is 6.45. The van der Waals surface area contributed by atoms with Gasteiger partial charge in [-0.2, -0.15) is 4.98 Å². The summed E-state index contributed by atoms with van der Waals surface area (Å²) in [6.07, 6.45) is -0.345. The second kappa shape index (κ2) is 9.90. The van der Waals surface area contributed by atoms with E-state index in [1.54, 1.807) is 43.7 Å². The second-order valence-electron chi connectivity index (χ2n) is 7.96. The van der Waals surface area contributed by atoms with E-state index in [0.29, 0.717) is 33.1 Å². The summed E-state index contributed by atoms with van der Waals surface area (Å²) >= 11 is 7.66. The molecule has 8 nitrogen and oxygen atoms in total. The summed E-state index contributed by atoms with van der Waals surface area (Å²) in [5, 5.41) is 18.7. The number of carbonyl (C=O) groups is 2. The fraction of sp³-hybridized carbons (Fsp3) is 0.250. The van der Waals surface area contributed by atoms with Crippen LogP contribution in [0.25, 0.3) is 0 Å². The Kier molecular flexibility index (Phi) is 6.95. The number of rotatable bonds is 7. The molecule has 34 heavy (non-hydrogen) atoms. The zero-order chi connectivity index (χ0) is 24.4. The number of ether oxygens (including phenoxy) is 1. The van der Waals surface area contributed by atoms with Gasteiger partial charge in [-0.25, -0.2) is 14.3 Å². The number of hydrogen-bond donors (Lipinski definition) is 2. The minimum Gasteiger partial charge on any atom is -0.478 e. The van der Waals surface area contributed by atoms with Crippen LogP contribution in [0.2, 0.25) is 5.02 Å². The molecule has 1 aromatic heterocycles. The molecule has 0 aliphatic carbocycles. The molecule has 1 aliphatic rings. The highest BCUT2D eigenvalue weighted by atomic mass is 35.5. The van der Waals surface area contributed by atoms with E-state index in [-0.39, 0.29) is 17.2 Å². The molecule has 1 aliphatic heterocycles. The molecule has 0 saturated carbocycles. The van der Waals surface area contributed by atoms with Crippen molar-refractivity contribution in [3.05, 3.63) is 81.5 Å². The van der Waals surface area contributed by atoms with Gasteiger partial charge in [-0.1, -0.05) is 59.8 Å². The van der Waals surface area contributed by atoms with Crippen LogP contribution in [0.4, 0.5) is 5.95 Å². The van der Waals surface area contributed by atoms with E-state index in [9.17, 15) is 14.7 Å². The van der Waals surface area contributed by atoms with Crippen LogP contribution in [0.3, 0.4) is 0 Å². The molecule has 2 aromatic carbocycles. The zero-order valence-electron chi connectivity index (χ0n) is 18.8. The number of nitrogens with one attached hydrogen (secondary N) is 1. The maximum atomic E-state index is 13.1. The maximum Gasteiger partial charge on any atom is 0.338 e. The third kappa shape index (κ3) is 4.80. The largest absolute Gasteiger partial charge is 0.478 e. The topological polar surface area (TPSA) is 106 Å². The molecule has 0 radical (unpaired) electrons. The monoisotopic (exact) mass is 498 g/mol. The Morgan fingerprint density at radius 3 is 2.62 bits per heavy atom. The zero-order valence-corrected chi connectivity index (χ0v) is 20.4. The van der Waals surface area contributed by atoms with E-state index in [1.165, 1.54) is 17.8 Å². The molecular weight excluding hydrogens is 476 g/mol. The number of carbonyl (C=O) groups excluding carboxylic acids is 1. The summed E-state index contributed by atoms with van der Waals surface area (Å²) in [5.41, 5.74) is 2.24. The van der Waals surface area contributed by atoms with Crippen molar-refractivity contribution in [1.82, 2.24) is 14.8 Å². The fourth-order valence-electron chi connectivity index (χ4n) is 3.71. The molecule has 0 bridgehead atoms. The Labute approximate surface area is 206 Å². The van der Waals surface area contributed by atoms with Gasteiger partial charge in [0, 0.05) is 16.5 Å². The standard InChI is InChI=1S/C24H23ClN4O4S/c1-13(2)33-22(32)19-14(3)26-23-27-24(34-12-15-8-4-7-11-18(15)25)28-29(23)20(19)16-9-5-6-10-17(16)21(30)31/h4-11,13,20H,12H2,1-3H3,(H,30,31)(H,26,27,28). The predicted octanol–water partition coefficient (Wildman–Crippen LogP) is 5.16. The Bertz CT molecular complexity index is 1290. The molecule has 0 spiro atoms. The Morgan fingerprint density at radius 2 is 1.91 bits per heavy atom. The summed E-state index contributed by atoms with van der Waals surface area (Å²) in [5.74, 6) is -0.686. The van der Waals surface area contributed by atoms with Crippen molar-refractivity contribution in [1.29, 1.82) is 0 Å². The van der Waals surface area contributed by atoms with Gasteiger partial charge in [0.15, 0.2) is 0 Å². The summed E-state index contributed by atoms with van der Waals surface area (Å²) in [4.78, 5) is 29.7. The highest BCUT2D eigenvalue weighted by molar-refractivity contribution is 7.98. The summed E-state index contributed by atoms with van der Waals surface area (Å²) in [6, 6.07) is 13.3. The van der Waals surface area contributed by atoms with Gasteiger partial charge in [-0.05, 0) is 44.0 Å². The van der Waals surface area contributed by atoms with E-state index in [0.717, 1.165) is 5.56 Å². The van der Waals surface area contributed by atoms with E-state index in [1.807, 2.05) is 24.3 Å². The number of anilines is 1. The molecule has 10 heteroatoms. The molecule has 176 valence electrons. The molecule has 1 atom stereocenters. The predicted molar refractivity (Wildman–Crippen MR) is 130 cm³/mol. The molecule has 0 saturated heterocycles. The van der Waals surface area contributed by atoms with Crippen LogP contribution in [0, 0.1) is 0 Å². The molecule has 2 heterocycles. The molecule has 2 N–H and O–H groups in total. The fourth-order valence-corrected chi connectivity index (χ4v) is 4.82. The minimum absolute atomic E-state index is 0.0729. The van der Waals surface area contributed by atoms with Crippen molar-refractivity contribution in [3.8, 4) is 0 Å². The van der Waals surface area contributed by atoms with Gasteiger partial charge in [0.1, 0.15) is 6.04 Å². The van der Waals surface area contributed by atoms with Crippen molar-refractivity contribution in [2.45, 2.75) is 43.8 Å². The SMILES string of the molecule is CC1=C(C(=O)OC(C)C)C(c2ccccc2C(=O)O)n2nc(SCc3ccccc3Cl)nc2N1. The maximum absolute atomic E-state index is 13.1. The number of carboxylic acid groups (broad SMARTS) is 1. The smallest absolute Gasteiger partial charge is 0.338 e. The van der Waals surface area contributed by atoms with Crippen LogP contribution in [-0.2, 0) is 15.3 Å². The van der Waals surface area contributed by atoms with E-state index in [2.05, 4.69) is 15.4 Å². The molecular formula is C24H23ClN4O4S. The first-order valence-corrected chi connectivity index (χ1v) is 12.0. The highest BCUT2D eigenvalue weighted by Gasteiger charge is 2.37. The van der Waals surface area contributed by atoms with Crippen LogP contribution in [0.5, 0.6) is 0 Å². The number of benzene rings is 2. The average molecular weight is 499 g/mol. The lowest BCUT2D eigenvalue weighted by Crippen LogP contribution is -2.31. The van der Waals surface area contributed by atoms with Gasteiger partial charge >= 0.3 is 11.9 Å². The van der Waals surface area contributed by atoms with Crippen LogP contribution < -0.4 is 5.32 Å². The molecule has 4 rings (SSSR count). The van der Waals surface area contributed by atoms with E-state index < -0.39 is 18.0 Å². The van der Waals surface area contributed by atoms with Crippen molar-refractivity contribution >= 4 is 41.2 Å². The Morgan fingerprint density at radius 1 is 1.21 bits per heavy atom. The van der Waals surface area contributed by atoms with Crippen LogP contribution in [0.1, 0.15) is 48.3 Å². The number of nitrogens with zero attached hydrogens (tertiary/aromatic N) is 3. The number of thioether (sulfide) groups is 1. The van der Waals surface area contributed by atoms with Gasteiger partial charge in [0.05, 0.1) is 17.2 Å². The normalized spacial score (nSPS) is 15.1.